The molecule has 0 N–H and O–H groups in total. The van der Waals surface area contributed by atoms with Crippen LogP contribution >= 0.6 is 11.6 Å². The molecule has 0 aromatic carbocycles. The van der Waals surface area contributed by atoms with Crippen molar-refractivity contribution < 1.29 is 9.28 Å². The van der Waals surface area contributed by atoms with Gasteiger partial charge in [0.2, 0.25) is 5.24 Å². The van der Waals surface area contributed by atoms with Gasteiger partial charge in [0, 0.05) is 6.42 Å². The zero-order valence-electron chi connectivity index (χ0n) is 14.6. The Hall–Kier alpha value is -0.0800. The second kappa shape index (κ2) is 13.6. The van der Waals surface area contributed by atoms with Crippen molar-refractivity contribution in [3.05, 3.63) is 0 Å². The predicted molar refractivity (Wildman–Crippen MR) is 93.8 cm³/mol. The Bertz CT molecular complexity index is 243. The van der Waals surface area contributed by atoms with Crippen LogP contribution in [0.25, 0.3) is 0 Å². The van der Waals surface area contributed by atoms with Crippen LogP contribution < -0.4 is 0 Å². The number of hydrogen-bond donors (Lipinski definition) is 0. The molecule has 0 saturated carbocycles. The fourth-order valence-electron chi connectivity index (χ4n) is 3.09. The highest BCUT2D eigenvalue weighted by Gasteiger charge is 2.19. The van der Waals surface area contributed by atoms with Crippen molar-refractivity contribution in [1.82, 2.24) is 0 Å². The molecule has 126 valence electrons. The zero-order valence-corrected chi connectivity index (χ0v) is 15.4. The van der Waals surface area contributed by atoms with E-state index in [9.17, 15) is 4.79 Å². The van der Waals surface area contributed by atoms with Gasteiger partial charge in [-0.1, -0.05) is 38.5 Å². The molecule has 0 spiro atoms. The highest BCUT2D eigenvalue weighted by atomic mass is 35.5. The Labute approximate surface area is 137 Å². The molecule has 0 fully saturated rings. The Balaban J connectivity index is 3.34. The van der Waals surface area contributed by atoms with E-state index in [1.165, 1.54) is 75.6 Å². The van der Waals surface area contributed by atoms with Crippen LogP contribution in [0.3, 0.4) is 0 Å². The molecule has 0 aromatic rings. The molecule has 0 bridgehead atoms. The van der Waals surface area contributed by atoms with Crippen molar-refractivity contribution in [2.75, 3.05) is 26.2 Å². The third kappa shape index (κ3) is 11.2. The molecular weight excluding hydrogens is 282 g/mol. The van der Waals surface area contributed by atoms with Crippen LogP contribution in [0.4, 0.5) is 0 Å². The van der Waals surface area contributed by atoms with Gasteiger partial charge in [0.05, 0.1) is 26.2 Å². The van der Waals surface area contributed by atoms with Gasteiger partial charge in [-0.15, -0.1) is 0 Å². The van der Waals surface area contributed by atoms with Gasteiger partial charge in [0.15, 0.2) is 0 Å². The first kappa shape index (κ1) is 20.9. The minimum atomic E-state index is -0.185. The number of rotatable bonds is 15. The van der Waals surface area contributed by atoms with Crippen LogP contribution in [0.2, 0.25) is 0 Å². The summed E-state index contributed by atoms with van der Waals surface area (Å²) in [5.74, 6) is 0. The van der Waals surface area contributed by atoms with Crippen LogP contribution in [0, 0.1) is 0 Å². The van der Waals surface area contributed by atoms with Crippen LogP contribution in [0.1, 0.15) is 85.0 Å². The first-order valence-electron chi connectivity index (χ1n) is 9.13. The predicted octanol–water partition coefficient (Wildman–Crippen LogP) is 5.53. The summed E-state index contributed by atoms with van der Waals surface area (Å²) in [6, 6.07) is 0. The quantitative estimate of drug-likeness (QED) is 0.220. The maximum Gasteiger partial charge on any atom is 0.221 e. The molecule has 0 atom stereocenters. The molecular formula is C18H37ClNO+. The minimum absolute atomic E-state index is 0.185. The monoisotopic (exact) mass is 318 g/mol. The van der Waals surface area contributed by atoms with Crippen molar-refractivity contribution >= 4 is 16.8 Å². The van der Waals surface area contributed by atoms with Crippen molar-refractivity contribution in [2.24, 2.45) is 0 Å². The second-order valence-corrected chi connectivity index (χ2v) is 6.72. The molecule has 0 radical (unpaired) electrons. The number of nitrogens with zero attached hydrogens (tertiary/aromatic N) is 1. The lowest BCUT2D eigenvalue weighted by Gasteiger charge is -2.35. The molecule has 0 unspecified atom stereocenters. The van der Waals surface area contributed by atoms with E-state index in [0.717, 1.165) is 12.8 Å². The van der Waals surface area contributed by atoms with Gasteiger partial charge in [-0.2, -0.15) is 0 Å². The molecule has 0 amide bonds. The second-order valence-electron chi connectivity index (χ2n) is 6.30. The summed E-state index contributed by atoms with van der Waals surface area (Å²) in [5, 5.41) is -0.185. The Kier molecular flexibility index (Phi) is 13.5. The van der Waals surface area contributed by atoms with E-state index in [2.05, 4.69) is 20.8 Å². The number of halogens is 1. The van der Waals surface area contributed by atoms with Crippen LogP contribution in [-0.4, -0.2) is 35.9 Å². The van der Waals surface area contributed by atoms with E-state index in [1.54, 1.807) is 0 Å². The molecule has 2 nitrogen and oxygen atoms in total. The number of carbonyl (C=O) groups is 1. The molecule has 0 aromatic heterocycles. The fourth-order valence-corrected chi connectivity index (χ4v) is 3.23. The van der Waals surface area contributed by atoms with Crippen molar-refractivity contribution in [1.29, 1.82) is 0 Å². The van der Waals surface area contributed by atoms with E-state index in [-0.39, 0.29) is 5.24 Å². The third-order valence-electron chi connectivity index (χ3n) is 5.02. The number of hydrogen-bond acceptors (Lipinski definition) is 1. The smallest absolute Gasteiger partial charge is 0.221 e. The maximum atomic E-state index is 10.6. The lowest BCUT2D eigenvalue weighted by Crippen LogP contribution is -2.48. The van der Waals surface area contributed by atoms with Gasteiger partial charge in [-0.05, 0) is 51.6 Å². The summed E-state index contributed by atoms with van der Waals surface area (Å²) < 4.78 is 1.29. The lowest BCUT2D eigenvalue weighted by molar-refractivity contribution is -0.923. The summed E-state index contributed by atoms with van der Waals surface area (Å²) in [6.07, 6.45) is 12.1. The van der Waals surface area contributed by atoms with E-state index in [0.29, 0.717) is 6.42 Å². The SMILES string of the molecule is CC[N+](CC)(CC)CCCCCCCCCCCC(=O)Cl. The fraction of sp³-hybridized carbons (Fsp3) is 0.944. The summed E-state index contributed by atoms with van der Waals surface area (Å²) >= 11 is 5.31. The average Bonchev–Trinajstić information content (AvgIpc) is 2.49. The molecule has 0 saturated heterocycles. The maximum absolute atomic E-state index is 10.6. The highest BCUT2D eigenvalue weighted by Crippen LogP contribution is 2.13. The van der Waals surface area contributed by atoms with Gasteiger partial charge in [-0.3, -0.25) is 4.79 Å². The topological polar surface area (TPSA) is 17.1 Å². The summed E-state index contributed by atoms with van der Waals surface area (Å²) in [4.78, 5) is 10.6. The number of unbranched alkanes of at least 4 members (excludes halogenated alkanes) is 8. The Morgan fingerprint density at radius 2 is 1.10 bits per heavy atom. The lowest BCUT2D eigenvalue weighted by atomic mass is 10.1. The van der Waals surface area contributed by atoms with Gasteiger partial charge in [0.1, 0.15) is 0 Å². The molecule has 21 heavy (non-hydrogen) atoms. The van der Waals surface area contributed by atoms with Crippen molar-refractivity contribution in [2.45, 2.75) is 85.0 Å². The molecule has 0 aliphatic heterocycles. The van der Waals surface area contributed by atoms with Crippen LogP contribution in [-0.2, 0) is 4.79 Å². The van der Waals surface area contributed by atoms with Gasteiger partial charge >= 0.3 is 0 Å². The normalized spacial score (nSPS) is 11.8. The molecule has 0 aliphatic rings. The molecule has 0 aliphatic carbocycles. The number of quaternary nitrogens is 1. The standard InChI is InChI=1S/C18H37ClNO/c1-4-20(5-2,6-3)17-15-13-11-9-7-8-10-12-14-16-18(19)21/h4-17H2,1-3H3/q+1. The van der Waals surface area contributed by atoms with E-state index in [4.69, 9.17) is 11.6 Å². The Morgan fingerprint density at radius 1 is 0.714 bits per heavy atom. The minimum Gasteiger partial charge on any atom is -0.324 e. The number of carbonyl (C=O) groups excluding carboxylic acids is 1. The van der Waals surface area contributed by atoms with Crippen LogP contribution in [0.15, 0.2) is 0 Å². The van der Waals surface area contributed by atoms with Crippen molar-refractivity contribution in [3.63, 3.8) is 0 Å². The summed E-state index contributed by atoms with van der Waals surface area (Å²) in [5.41, 5.74) is 0. The van der Waals surface area contributed by atoms with Gasteiger partial charge in [0.25, 0.3) is 0 Å². The van der Waals surface area contributed by atoms with Crippen LogP contribution in [0.5, 0.6) is 0 Å². The zero-order chi connectivity index (χ0) is 16.0. The first-order valence-corrected chi connectivity index (χ1v) is 9.51. The average molecular weight is 319 g/mol. The molecule has 0 heterocycles. The largest absolute Gasteiger partial charge is 0.324 e. The molecule has 3 heteroatoms. The van der Waals surface area contributed by atoms with Gasteiger partial charge < -0.3 is 4.48 Å². The highest BCUT2D eigenvalue weighted by molar-refractivity contribution is 6.63. The van der Waals surface area contributed by atoms with Crippen molar-refractivity contribution in [3.8, 4) is 0 Å². The molecule has 0 rings (SSSR count). The summed E-state index contributed by atoms with van der Waals surface area (Å²) in [6.45, 7) is 12.2. The van der Waals surface area contributed by atoms with E-state index >= 15 is 0 Å². The van der Waals surface area contributed by atoms with E-state index in [1.807, 2.05) is 0 Å². The summed E-state index contributed by atoms with van der Waals surface area (Å²) in [7, 11) is 0. The third-order valence-corrected chi connectivity index (χ3v) is 5.21. The van der Waals surface area contributed by atoms with Gasteiger partial charge in [-0.25, -0.2) is 0 Å². The first-order chi connectivity index (χ1) is 10.1. The van der Waals surface area contributed by atoms with E-state index < -0.39 is 0 Å². The Morgan fingerprint density at radius 3 is 1.48 bits per heavy atom.